The van der Waals surface area contributed by atoms with E-state index in [0.29, 0.717) is 10.9 Å². The lowest BCUT2D eigenvalue weighted by Gasteiger charge is -2.32. The van der Waals surface area contributed by atoms with Gasteiger partial charge in [0.25, 0.3) is 11.6 Å². The van der Waals surface area contributed by atoms with E-state index in [1.165, 1.54) is 36.3 Å². The Kier molecular flexibility index (Phi) is 5.79. The van der Waals surface area contributed by atoms with Gasteiger partial charge in [0, 0.05) is 41.4 Å². The van der Waals surface area contributed by atoms with Crippen LogP contribution in [0.25, 0.3) is 10.1 Å². The van der Waals surface area contributed by atoms with Crippen molar-refractivity contribution in [3.05, 3.63) is 39.3 Å². The Balaban J connectivity index is 0.00000196. The molecular weight excluding hydrogens is 374 g/mol. The van der Waals surface area contributed by atoms with E-state index < -0.39 is 4.92 Å². The molecule has 2 heterocycles. The Hall–Kier alpha value is -1.70. The quantitative estimate of drug-likeness (QED) is 0.616. The van der Waals surface area contributed by atoms with Crippen LogP contribution in [0.4, 0.5) is 5.69 Å². The first-order valence-corrected chi connectivity index (χ1v) is 9.62. The molecule has 2 aliphatic rings. The van der Waals surface area contributed by atoms with Crippen LogP contribution in [0.3, 0.4) is 0 Å². The number of rotatable bonds is 5. The number of nitro benzene ring substituents is 1. The monoisotopic (exact) mass is 395 g/mol. The first kappa shape index (κ1) is 19.1. The van der Waals surface area contributed by atoms with Crippen LogP contribution in [0.2, 0.25) is 0 Å². The number of piperidine rings is 1. The van der Waals surface area contributed by atoms with Crippen molar-refractivity contribution in [2.24, 2.45) is 5.92 Å². The lowest BCUT2D eigenvalue weighted by molar-refractivity contribution is -0.384. The van der Waals surface area contributed by atoms with Crippen LogP contribution in [0, 0.1) is 16.0 Å². The molecule has 0 radical (unpaired) electrons. The van der Waals surface area contributed by atoms with Gasteiger partial charge in [0.05, 0.1) is 9.80 Å². The predicted octanol–water partition coefficient (Wildman–Crippen LogP) is 3.84. The van der Waals surface area contributed by atoms with Crippen molar-refractivity contribution in [1.82, 2.24) is 10.2 Å². The summed E-state index contributed by atoms with van der Waals surface area (Å²) in [6.45, 7) is 2.67. The second kappa shape index (κ2) is 7.90. The van der Waals surface area contributed by atoms with E-state index in [1.807, 2.05) is 4.90 Å². The molecule has 0 unspecified atom stereocenters. The zero-order valence-corrected chi connectivity index (χ0v) is 16.0. The first-order valence-electron chi connectivity index (χ1n) is 8.81. The number of nitrogens with one attached hydrogen (secondary N) is 1. The van der Waals surface area contributed by atoms with Crippen molar-refractivity contribution in [2.75, 3.05) is 19.6 Å². The van der Waals surface area contributed by atoms with Crippen LogP contribution < -0.4 is 5.32 Å². The first-order chi connectivity index (χ1) is 12.1. The SMILES string of the molecule is Cl.O=C(c1cc2cc([N+](=O)[O-])ccc2s1)N1CCC(NCC2CC2)CC1. The number of carbonyl (C=O) groups is 1. The van der Waals surface area contributed by atoms with Crippen LogP contribution in [0.5, 0.6) is 0 Å². The lowest BCUT2D eigenvalue weighted by Crippen LogP contribution is -2.45. The molecule has 4 rings (SSSR count). The van der Waals surface area contributed by atoms with E-state index in [2.05, 4.69) is 5.32 Å². The zero-order valence-electron chi connectivity index (χ0n) is 14.3. The summed E-state index contributed by atoms with van der Waals surface area (Å²) >= 11 is 1.41. The normalized spacial score (nSPS) is 17.9. The maximum atomic E-state index is 12.8. The van der Waals surface area contributed by atoms with Gasteiger partial charge in [-0.15, -0.1) is 23.7 Å². The highest BCUT2D eigenvalue weighted by molar-refractivity contribution is 7.20. The van der Waals surface area contributed by atoms with Gasteiger partial charge in [-0.3, -0.25) is 14.9 Å². The van der Waals surface area contributed by atoms with Crippen LogP contribution >= 0.6 is 23.7 Å². The molecule has 2 aromatic rings. The summed E-state index contributed by atoms with van der Waals surface area (Å²) in [5.41, 5.74) is 0.0619. The number of amides is 1. The van der Waals surface area contributed by atoms with Crippen molar-refractivity contribution < 1.29 is 9.72 Å². The van der Waals surface area contributed by atoms with Gasteiger partial charge in [0.2, 0.25) is 0 Å². The molecular formula is C18H22ClN3O3S. The predicted molar refractivity (Wildman–Crippen MR) is 105 cm³/mol. The molecule has 0 bridgehead atoms. The number of fused-ring (bicyclic) bond motifs is 1. The molecule has 140 valence electrons. The summed E-state index contributed by atoms with van der Waals surface area (Å²) in [6.07, 6.45) is 4.70. The third-order valence-electron chi connectivity index (χ3n) is 5.10. The van der Waals surface area contributed by atoms with Crippen LogP contribution in [-0.4, -0.2) is 41.4 Å². The molecule has 1 amide bonds. The standard InChI is InChI=1S/C18H21N3O3S.ClH/c22-18(20-7-5-14(6-8-20)19-11-12-1-2-12)17-10-13-9-15(21(23)24)3-4-16(13)25-17;/h3-4,9-10,12,14,19H,1-2,5-8,11H2;1H. The summed E-state index contributed by atoms with van der Waals surface area (Å²) in [7, 11) is 0. The topological polar surface area (TPSA) is 75.5 Å². The highest BCUT2D eigenvalue weighted by Crippen LogP contribution is 2.31. The van der Waals surface area contributed by atoms with Gasteiger partial charge in [-0.1, -0.05) is 0 Å². The van der Waals surface area contributed by atoms with Gasteiger partial charge >= 0.3 is 0 Å². The minimum absolute atomic E-state index is 0. The van der Waals surface area contributed by atoms with E-state index in [4.69, 9.17) is 0 Å². The highest BCUT2D eigenvalue weighted by atomic mass is 35.5. The lowest BCUT2D eigenvalue weighted by atomic mass is 10.0. The van der Waals surface area contributed by atoms with Crippen LogP contribution in [0.15, 0.2) is 24.3 Å². The van der Waals surface area contributed by atoms with E-state index in [9.17, 15) is 14.9 Å². The van der Waals surface area contributed by atoms with Gasteiger partial charge in [-0.05, 0) is 50.3 Å². The van der Waals surface area contributed by atoms with Crippen molar-refractivity contribution in [1.29, 1.82) is 0 Å². The maximum absolute atomic E-state index is 12.8. The van der Waals surface area contributed by atoms with Crippen molar-refractivity contribution in [3.63, 3.8) is 0 Å². The number of nitro groups is 1. The Labute approximate surface area is 162 Å². The summed E-state index contributed by atoms with van der Waals surface area (Å²) in [5.74, 6) is 0.923. The Morgan fingerprint density at radius 2 is 1.96 bits per heavy atom. The number of thiophene rings is 1. The fourth-order valence-electron chi connectivity index (χ4n) is 3.35. The van der Waals surface area contributed by atoms with Crippen LogP contribution in [0.1, 0.15) is 35.4 Å². The van der Waals surface area contributed by atoms with Gasteiger partial charge in [-0.2, -0.15) is 0 Å². The molecule has 1 aliphatic carbocycles. The summed E-state index contributed by atoms with van der Waals surface area (Å²) in [5, 5.41) is 15.3. The molecule has 6 nitrogen and oxygen atoms in total. The van der Waals surface area contributed by atoms with Gasteiger partial charge in [-0.25, -0.2) is 0 Å². The molecule has 0 spiro atoms. The third-order valence-corrected chi connectivity index (χ3v) is 6.20. The second-order valence-corrected chi connectivity index (χ2v) is 8.09. The number of nitrogens with zero attached hydrogens (tertiary/aromatic N) is 2. The number of hydrogen-bond donors (Lipinski definition) is 1. The van der Waals surface area contributed by atoms with Gasteiger partial charge in [0.15, 0.2) is 0 Å². The van der Waals surface area contributed by atoms with Crippen LogP contribution in [-0.2, 0) is 0 Å². The number of likely N-dealkylation sites (tertiary alicyclic amines) is 1. The minimum atomic E-state index is -0.405. The largest absolute Gasteiger partial charge is 0.338 e. The minimum Gasteiger partial charge on any atom is -0.338 e. The smallest absolute Gasteiger partial charge is 0.270 e. The molecule has 1 saturated heterocycles. The fourth-order valence-corrected chi connectivity index (χ4v) is 4.36. The number of benzene rings is 1. The summed E-state index contributed by atoms with van der Waals surface area (Å²) in [6, 6.07) is 7.06. The van der Waals surface area contributed by atoms with Crippen molar-refractivity contribution in [2.45, 2.75) is 31.7 Å². The molecule has 0 atom stereocenters. The summed E-state index contributed by atoms with van der Waals surface area (Å²) in [4.78, 5) is 25.8. The number of hydrogen-bond acceptors (Lipinski definition) is 5. The fraction of sp³-hybridized carbons (Fsp3) is 0.500. The van der Waals surface area contributed by atoms with E-state index in [0.717, 1.165) is 48.5 Å². The zero-order chi connectivity index (χ0) is 17.4. The molecule has 26 heavy (non-hydrogen) atoms. The molecule has 8 heteroatoms. The van der Waals surface area contributed by atoms with Gasteiger partial charge in [0.1, 0.15) is 0 Å². The number of carbonyl (C=O) groups excluding carboxylic acids is 1. The maximum Gasteiger partial charge on any atom is 0.270 e. The van der Waals surface area contributed by atoms with E-state index >= 15 is 0 Å². The van der Waals surface area contributed by atoms with E-state index in [1.54, 1.807) is 12.1 Å². The van der Waals surface area contributed by atoms with Gasteiger partial charge < -0.3 is 10.2 Å². The average molecular weight is 396 g/mol. The number of non-ortho nitro benzene ring substituents is 1. The summed E-state index contributed by atoms with van der Waals surface area (Å²) < 4.78 is 0.912. The van der Waals surface area contributed by atoms with Crippen molar-refractivity contribution >= 4 is 45.4 Å². The Morgan fingerprint density at radius 1 is 1.23 bits per heavy atom. The molecule has 1 N–H and O–H groups in total. The second-order valence-electron chi connectivity index (χ2n) is 7.01. The molecule has 1 aromatic heterocycles. The number of halogens is 1. The molecule has 1 saturated carbocycles. The molecule has 1 aliphatic heterocycles. The van der Waals surface area contributed by atoms with E-state index in [-0.39, 0.29) is 24.0 Å². The third kappa shape index (κ3) is 4.16. The molecule has 1 aromatic carbocycles. The van der Waals surface area contributed by atoms with Crippen molar-refractivity contribution in [3.8, 4) is 0 Å². The highest BCUT2D eigenvalue weighted by Gasteiger charge is 2.27. The Bertz CT molecular complexity index is 813. The average Bonchev–Trinajstić information content (AvgIpc) is 3.35. The Morgan fingerprint density at radius 3 is 2.62 bits per heavy atom. The molecule has 2 fully saturated rings.